The number of sulfone groups is 1. The molecule has 0 spiro atoms. The molecule has 1 aliphatic heterocycles. The maximum atomic E-state index is 12.4. The summed E-state index contributed by atoms with van der Waals surface area (Å²) < 4.78 is 23.0. The van der Waals surface area contributed by atoms with Crippen molar-refractivity contribution in [1.29, 1.82) is 0 Å². The van der Waals surface area contributed by atoms with E-state index in [2.05, 4.69) is 0 Å². The molecule has 0 bridgehead atoms. The molecule has 1 aliphatic rings. The molecule has 0 aliphatic carbocycles. The highest BCUT2D eigenvalue weighted by atomic mass is 32.2. The predicted octanol–water partition coefficient (Wildman–Crippen LogP) is 0.190. The Morgan fingerprint density at radius 2 is 2.00 bits per heavy atom. The summed E-state index contributed by atoms with van der Waals surface area (Å²) in [4.78, 5) is 14.1. The molecular weight excluding hydrogens is 272 g/mol. The molecule has 1 fully saturated rings. The Bertz CT molecular complexity index is 445. The summed E-state index contributed by atoms with van der Waals surface area (Å²) in [6.07, 6.45) is 0. The van der Waals surface area contributed by atoms with Crippen molar-refractivity contribution in [3.63, 3.8) is 0 Å². The van der Waals surface area contributed by atoms with Crippen LogP contribution in [0, 0.1) is 11.8 Å². The largest absolute Gasteiger partial charge is 0.393 e. The van der Waals surface area contributed by atoms with Gasteiger partial charge in [0.15, 0.2) is 9.84 Å². The molecule has 0 saturated carbocycles. The van der Waals surface area contributed by atoms with E-state index in [0.717, 1.165) is 0 Å². The Morgan fingerprint density at radius 3 is 2.39 bits per heavy atom. The summed E-state index contributed by atoms with van der Waals surface area (Å²) in [6.45, 7) is 5.74. The lowest BCUT2D eigenvalue weighted by molar-refractivity contribution is -0.135. The van der Waals surface area contributed by atoms with Crippen LogP contribution in [-0.2, 0) is 14.6 Å². The van der Waals surface area contributed by atoms with Crippen LogP contribution in [-0.4, -0.2) is 48.3 Å². The van der Waals surface area contributed by atoms with Gasteiger partial charge in [-0.3, -0.25) is 4.79 Å². The molecule has 104 valence electrons. The predicted molar refractivity (Wildman–Crippen MR) is 74.9 cm³/mol. The molecule has 18 heavy (non-hydrogen) atoms. The van der Waals surface area contributed by atoms with E-state index < -0.39 is 15.8 Å². The van der Waals surface area contributed by atoms with Crippen molar-refractivity contribution in [2.75, 3.05) is 18.1 Å². The summed E-state index contributed by atoms with van der Waals surface area (Å²) in [5, 5.41) is 0. The van der Waals surface area contributed by atoms with E-state index in [0.29, 0.717) is 0 Å². The van der Waals surface area contributed by atoms with Gasteiger partial charge in [-0.15, -0.1) is 0 Å². The van der Waals surface area contributed by atoms with E-state index in [9.17, 15) is 13.2 Å². The van der Waals surface area contributed by atoms with E-state index >= 15 is 0 Å². The van der Waals surface area contributed by atoms with Crippen LogP contribution in [0.3, 0.4) is 0 Å². The van der Waals surface area contributed by atoms with Gasteiger partial charge in [0.2, 0.25) is 5.91 Å². The summed E-state index contributed by atoms with van der Waals surface area (Å²) in [6, 6.07) is -0.313. The smallest absolute Gasteiger partial charge is 0.233 e. The number of hydrogen-bond donors (Lipinski definition) is 1. The second-order valence-corrected chi connectivity index (χ2v) is 7.82. The average molecular weight is 292 g/mol. The third-order valence-electron chi connectivity index (χ3n) is 3.19. The molecule has 5 nitrogen and oxygen atoms in total. The number of rotatable bonds is 3. The van der Waals surface area contributed by atoms with Crippen molar-refractivity contribution in [2.45, 2.75) is 26.8 Å². The number of thiocarbonyl (C=S) groups is 1. The van der Waals surface area contributed by atoms with Crippen LogP contribution in [0.1, 0.15) is 20.8 Å². The fourth-order valence-electron chi connectivity index (χ4n) is 2.24. The van der Waals surface area contributed by atoms with Gasteiger partial charge in [-0.1, -0.05) is 26.1 Å². The van der Waals surface area contributed by atoms with Gasteiger partial charge in [0.05, 0.1) is 22.4 Å². The molecule has 1 rings (SSSR count). The number of nitrogens with two attached hydrogens (primary N) is 1. The fraction of sp³-hybridized carbons (Fsp3) is 0.818. The normalized spacial score (nSPS) is 24.9. The molecule has 1 heterocycles. The van der Waals surface area contributed by atoms with E-state index in [1.165, 1.54) is 0 Å². The molecule has 2 atom stereocenters. The highest BCUT2D eigenvalue weighted by Crippen LogP contribution is 2.20. The highest BCUT2D eigenvalue weighted by Gasteiger charge is 2.36. The van der Waals surface area contributed by atoms with E-state index in [4.69, 9.17) is 18.0 Å². The van der Waals surface area contributed by atoms with Crippen molar-refractivity contribution in [2.24, 2.45) is 17.6 Å². The maximum Gasteiger partial charge on any atom is 0.233 e. The second kappa shape index (κ2) is 5.52. The highest BCUT2D eigenvalue weighted by molar-refractivity contribution is 7.91. The lowest BCUT2D eigenvalue weighted by Crippen LogP contribution is -2.54. The van der Waals surface area contributed by atoms with Crippen LogP contribution in [0.2, 0.25) is 0 Å². The van der Waals surface area contributed by atoms with Crippen LogP contribution < -0.4 is 5.73 Å². The van der Waals surface area contributed by atoms with Gasteiger partial charge in [-0.05, 0) is 12.8 Å². The zero-order valence-corrected chi connectivity index (χ0v) is 12.6. The van der Waals surface area contributed by atoms with Gasteiger partial charge < -0.3 is 10.6 Å². The lowest BCUT2D eigenvalue weighted by atomic mass is 9.94. The minimum Gasteiger partial charge on any atom is -0.393 e. The van der Waals surface area contributed by atoms with E-state index in [1.54, 1.807) is 11.8 Å². The summed E-state index contributed by atoms with van der Waals surface area (Å²) in [5.41, 5.74) is 5.61. The fourth-order valence-corrected chi connectivity index (χ4v) is 4.17. The zero-order chi connectivity index (χ0) is 14.1. The Kier molecular flexibility index (Phi) is 4.72. The quantitative estimate of drug-likeness (QED) is 0.751. The van der Waals surface area contributed by atoms with Crippen LogP contribution in [0.5, 0.6) is 0 Å². The minimum absolute atomic E-state index is 0.0146. The molecule has 0 aromatic rings. The lowest BCUT2D eigenvalue weighted by Gasteiger charge is -2.36. The Morgan fingerprint density at radius 1 is 1.44 bits per heavy atom. The molecule has 2 N–H and O–H groups in total. The topological polar surface area (TPSA) is 80.5 Å². The van der Waals surface area contributed by atoms with Crippen molar-refractivity contribution in [3.05, 3.63) is 0 Å². The van der Waals surface area contributed by atoms with Crippen LogP contribution in [0.15, 0.2) is 0 Å². The van der Waals surface area contributed by atoms with Gasteiger partial charge in [-0.2, -0.15) is 0 Å². The van der Waals surface area contributed by atoms with Gasteiger partial charge in [0.1, 0.15) is 0 Å². The summed E-state index contributed by atoms with van der Waals surface area (Å²) in [7, 11) is -3.02. The van der Waals surface area contributed by atoms with Crippen molar-refractivity contribution in [3.8, 4) is 0 Å². The molecule has 1 saturated heterocycles. The molecular formula is C11H20N2O3S2. The monoisotopic (exact) mass is 292 g/mol. The zero-order valence-electron chi connectivity index (χ0n) is 10.9. The standard InChI is InChI=1S/C11H20N2O3S2/c1-7(2)9(10(12)17)11(14)13-4-5-18(15,16)6-8(13)3/h7-9H,4-6H2,1-3H3,(H2,12,17). The van der Waals surface area contributed by atoms with Gasteiger partial charge >= 0.3 is 0 Å². The van der Waals surface area contributed by atoms with Crippen LogP contribution >= 0.6 is 12.2 Å². The van der Waals surface area contributed by atoms with Crippen molar-refractivity contribution < 1.29 is 13.2 Å². The molecule has 0 aromatic heterocycles. The summed E-state index contributed by atoms with van der Waals surface area (Å²) in [5.74, 6) is -0.615. The molecule has 2 unspecified atom stereocenters. The SMILES string of the molecule is CC(C)C(C(=O)N1CCS(=O)(=O)CC1C)C(N)=S. The van der Waals surface area contributed by atoms with Gasteiger partial charge in [-0.25, -0.2) is 8.42 Å². The van der Waals surface area contributed by atoms with E-state index in [-0.39, 0.29) is 40.9 Å². The Balaban J connectivity index is 2.88. The first kappa shape index (κ1) is 15.4. The number of nitrogens with zero attached hydrogens (tertiary/aromatic N) is 1. The maximum absolute atomic E-state index is 12.4. The molecule has 1 amide bonds. The third-order valence-corrected chi connectivity index (χ3v) is 5.24. The van der Waals surface area contributed by atoms with E-state index in [1.807, 2.05) is 13.8 Å². The molecule has 0 radical (unpaired) electrons. The Labute approximate surface area is 114 Å². The average Bonchev–Trinajstić information content (AvgIpc) is 2.13. The van der Waals surface area contributed by atoms with Crippen molar-refractivity contribution >= 4 is 33.0 Å². The number of carbonyl (C=O) groups is 1. The molecule has 0 aromatic carbocycles. The second-order valence-electron chi connectivity index (χ2n) is 5.12. The van der Waals surface area contributed by atoms with Gasteiger partial charge in [0, 0.05) is 12.6 Å². The van der Waals surface area contributed by atoms with Crippen LogP contribution in [0.4, 0.5) is 0 Å². The number of carbonyl (C=O) groups excluding carboxylic acids is 1. The van der Waals surface area contributed by atoms with Crippen LogP contribution in [0.25, 0.3) is 0 Å². The van der Waals surface area contributed by atoms with Gasteiger partial charge in [0.25, 0.3) is 0 Å². The minimum atomic E-state index is -3.02. The first-order valence-corrected chi connectivity index (χ1v) is 8.19. The molecule has 7 heteroatoms. The first-order valence-electron chi connectivity index (χ1n) is 5.96. The first-order chi connectivity index (χ1) is 8.15. The number of hydrogen-bond acceptors (Lipinski definition) is 4. The summed E-state index contributed by atoms with van der Waals surface area (Å²) >= 11 is 4.93. The Hall–Kier alpha value is -0.690. The number of amides is 1. The van der Waals surface area contributed by atoms with Crippen molar-refractivity contribution in [1.82, 2.24) is 4.90 Å². The third kappa shape index (κ3) is 3.41.